The summed E-state index contributed by atoms with van der Waals surface area (Å²) < 4.78 is 1.56. The van der Waals surface area contributed by atoms with Crippen LogP contribution in [0.4, 0.5) is 0 Å². The Morgan fingerprint density at radius 2 is 1.94 bits per heavy atom. The van der Waals surface area contributed by atoms with Crippen LogP contribution in [0, 0.1) is 6.92 Å². The second-order valence-electron chi connectivity index (χ2n) is 8.79. The van der Waals surface area contributed by atoms with Crippen molar-refractivity contribution < 1.29 is 4.79 Å². The van der Waals surface area contributed by atoms with Crippen molar-refractivity contribution in [2.24, 2.45) is 0 Å². The molecule has 0 radical (unpaired) electrons. The van der Waals surface area contributed by atoms with Crippen molar-refractivity contribution in [3.05, 3.63) is 51.9 Å². The fourth-order valence-corrected chi connectivity index (χ4v) is 5.37. The summed E-state index contributed by atoms with van der Waals surface area (Å²) in [7, 11) is 4.18. The van der Waals surface area contributed by atoms with Crippen molar-refractivity contribution in [3.63, 3.8) is 0 Å². The molecule has 0 unspecified atom stereocenters. The van der Waals surface area contributed by atoms with E-state index in [0.717, 1.165) is 28.8 Å². The van der Waals surface area contributed by atoms with E-state index in [1.807, 2.05) is 36.6 Å². The number of nitrogens with zero attached hydrogens (tertiary/aromatic N) is 3. The molecule has 1 aliphatic rings. The standard InChI is InChI=1S/C24H30N4O2S/c1-17-6-8-18(9-7-17)19-14-31-22-21(19)23(30)28(16-26-22)13-10-20(29)25-15-24(27(2)3)11-4-5-12-24/h6-9,14,16H,4-5,10-13,15H2,1-3H3,(H,25,29). The number of aromatic nitrogens is 2. The summed E-state index contributed by atoms with van der Waals surface area (Å²) >= 11 is 1.48. The van der Waals surface area contributed by atoms with E-state index in [-0.39, 0.29) is 23.4 Å². The molecule has 0 saturated heterocycles. The summed E-state index contributed by atoms with van der Waals surface area (Å²) in [6, 6.07) is 8.15. The number of rotatable bonds is 7. The molecule has 1 aromatic carbocycles. The minimum absolute atomic E-state index is 0.0239. The molecule has 31 heavy (non-hydrogen) atoms. The lowest BCUT2D eigenvalue weighted by molar-refractivity contribution is -0.121. The Balaban J connectivity index is 1.47. The maximum atomic E-state index is 13.2. The van der Waals surface area contributed by atoms with Gasteiger partial charge in [0, 0.05) is 36.0 Å². The van der Waals surface area contributed by atoms with Gasteiger partial charge in [0.2, 0.25) is 5.91 Å². The van der Waals surface area contributed by atoms with Gasteiger partial charge in [-0.3, -0.25) is 14.2 Å². The fourth-order valence-electron chi connectivity index (χ4n) is 4.46. The zero-order chi connectivity index (χ0) is 22.0. The molecule has 0 bridgehead atoms. The molecule has 1 saturated carbocycles. The minimum atomic E-state index is -0.0878. The molecule has 2 aromatic heterocycles. The first kappa shape index (κ1) is 21.7. The zero-order valence-electron chi connectivity index (χ0n) is 18.5. The number of amides is 1. The Morgan fingerprint density at radius 1 is 1.23 bits per heavy atom. The molecule has 1 amide bonds. The first-order chi connectivity index (χ1) is 14.9. The second kappa shape index (κ2) is 8.93. The summed E-state index contributed by atoms with van der Waals surface area (Å²) in [6.45, 7) is 3.03. The number of carbonyl (C=O) groups excluding carboxylic acids is 1. The van der Waals surface area contributed by atoms with Crippen molar-refractivity contribution >= 4 is 27.5 Å². The van der Waals surface area contributed by atoms with Crippen LogP contribution in [-0.4, -0.2) is 46.5 Å². The molecule has 1 aliphatic carbocycles. The van der Waals surface area contributed by atoms with Crippen LogP contribution in [0.1, 0.15) is 37.7 Å². The van der Waals surface area contributed by atoms with Crippen LogP contribution in [0.3, 0.4) is 0 Å². The largest absolute Gasteiger partial charge is 0.354 e. The van der Waals surface area contributed by atoms with Crippen LogP contribution in [0.2, 0.25) is 0 Å². The Bertz CT molecular complexity index is 1120. The highest BCUT2D eigenvalue weighted by molar-refractivity contribution is 7.17. The summed E-state index contributed by atoms with van der Waals surface area (Å²) in [5, 5.41) is 5.72. The number of likely N-dealkylation sites (N-methyl/N-ethyl adjacent to an activating group) is 1. The molecule has 3 aromatic rings. The third-order valence-electron chi connectivity index (χ3n) is 6.60. The highest BCUT2D eigenvalue weighted by atomic mass is 32.1. The predicted octanol–water partition coefficient (Wildman–Crippen LogP) is 3.81. The quantitative estimate of drug-likeness (QED) is 0.609. The van der Waals surface area contributed by atoms with Crippen LogP contribution >= 0.6 is 11.3 Å². The van der Waals surface area contributed by atoms with Gasteiger partial charge in [-0.15, -0.1) is 11.3 Å². The number of benzene rings is 1. The normalized spacial score (nSPS) is 15.6. The molecule has 2 heterocycles. The van der Waals surface area contributed by atoms with Crippen LogP contribution < -0.4 is 10.9 Å². The first-order valence-electron chi connectivity index (χ1n) is 10.9. The summed E-state index contributed by atoms with van der Waals surface area (Å²) in [6.07, 6.45) is 6.46. The Labute approximate surface area is 186 Å². The average molecular weight is 439 g/mol. The van der Waals surface area contributed by atoms with Gasteiger partial charge in [0.15, 0.2) is 0 Å². The highest BCUT2D eigenvalue weighted by Gasteiger charge is 2.36. The van der Waals surface area contributed by atoms with Crippen LogP contribution in [-0.2, 0) is 11.3 Å². The van der Waals surface area contributed by atoms with E-state index in [0.29, 0.717) is 18.5 Å². The predicted molar refractivity (Wildman–Crippen MR) is 127 cm³/mol. The van der Waals surface area contributed by atoms with E-state index in [2.05, 4.69) is 29.3 Å². The van der Waals surface area contributed by atoms with Crippen LogP contribution in [0.15, 0.2) is 40.8 Å². The lowest BCUT2D eigenvalue weighted by Crippen LogP contribution is -2.50. The Morgan fingerprint density at radius 3 is 2.61 bits per heavy atom. The number of fused-ring (bicyclic) bond motifs is 1. The lowest BCUT2D eigenvalue weighted by atomic mass is 9.96. The SMILES string of the molecule is Cc1ccc(-c2csc3ncn(CCC(=O)NCC4(N(C)C)CCCC4)c(=O)c23)cc1. The van der Waals surface area contributed by atoms with Crippen molar-refractivity contribution in [1.82, 2.24) is 19.8 Å². The molecule has 0 aliphatic heterocycles. The first-order valence-corrected chi connectivity index (χ1v) is 11.8. The van der Waals surface area contributed by atoms with Crippen LogP contribution in [0.25, 0.3) is 21.3 Å². The number of nitrogens with one attached hydrogen (secondary N) is 1. The second-order valence-corrected chi connectivity index (χ2v) is 9.65. The molecule has 1 N–H and O–H groups in total. The number of hydrogen-bond donors (Lipinski definition) is 1. The molecule has 7 heteroatoms. The van der Waals surface area contributed by atoms with Gasteiger partial charge in [0.05, 0.1) is 11.7 Å². The van der Waals surface area contributed by atoms with Gasteiger partial charge in [0.25, 0.3) is 5.56 Å². The molecule has 0 spiro atoms. The fraction of sp³-hybridized carbons (Fsp3) is 0.458. The number of hydrogen-bond acceptors (Lipinski definition) is 5. The Kier molecular flexibility index (Phi) is 6.25. The van der Waals surface area contributed by atoms with E-state index in [1.54, 1.807) is 10.9 Å². The summed E-state index contributed by atoms with van der Waals surface area (Å²) in [5.41, 5.74) is 3.07. The van der Waals surface area contributed by atoms with E-state index in [4.69, 9.17) is 0 Å². The summed E-state index contributed by atoms with van der Waals surface area (Å²) in [5.74, 6) is -0.0239. The summed E-state index contributed by atoms with van der Waals surface area (Å²) in [4.78, 5) is 33.1. The number of aryl methyl sites for hydroxylation is 2. The van der Waals surface area contributed by atoms with Crippen LogP contribution in [0.5, 0.6) is 0 Å². The molecular weight excluding hydrogens is 408 g/mol. The molecule has 4 rings (SSSR count). The number of thiophene rings is 1. The van der Waals surface area contributed by atoms with Gasteiger partial charge in [-0.05, 0) is 39.4 Å². The molecule has 6 nitrogen and oxygen atoms in total. The monoisotopic (exact) mass is 438 g/mol. The van der Waals surface area contributed by atoms with E-state index < -0.39 is 0 Å². The molecule has 1 fully saturated rings. The smallest absolute Gasteiger partial charge is 0.262 e. The third-order valence-corrected chi connectivity index (χ3v) is 7.49. The maximum absolute atomic E-state index is 13.2. The van der Waals surface area contributed by atoms with Gasteiger partial charge in [-0.1, -0.05) is 42.7 Å². The lowest BCUT2D eigenvalue weighted by Gasteiger charge is -2.36. The van der Waals surface area contributed by atoms with Gasteiger partial charge in [0.1, 0.15) is 4.83 Å². The average Bonchev–Trinajstić information content (AvgIpc) is 3.41. The van der Waals surface area contributed by atoms with Crippen molar-refractivity contribution in [2.75, 3.05) is 20.6 Å². The highest BCUT2D eigenvalue weighted by Crippen LogP contribution is 2.33. The van der Waals surface area contributed by atoms with Crippen molar-refractivity contribution in [1.29, 1.82) is 0 Å². The minimum Gasteiger partial charge on any atom is -0.354 e. The van der Waals surface area contributed by atoms with Gasteiger partial charge < -0.3 is 10.2 Å². The molecule has 0 atom stereocenters. The zero-order valence-corrected chi connectivity index (χ0v) is 19.3. The molecular formula is C24H30N4O2S. The van der Waals surface area contributed by atoms with E-state index in [1.165, 1.54) is 29.7 Å². The maximum Gasteiger partial charge on any atom is 0.262 e. The molecule has 164 valence electrons. The van der Waals surface area contributed by atoms with Gasteiger partial charge in [-0.25, -0.2) is 4.98 Å². The van der Waals surface area contributed by atoms with E-state index >= 15 is 0 Å². The van der Waals surface area contributed by atoms with Crippen molar-refractivity contribution in [3.8, 4) is 11.1 Å². The van der Waals surface area contributed by atoms with Crippen molar-refractivity contribution in [2.45, 2.75) is 51.1 Å². The Hall–Kier alpha value is -2.51. The topological polar surface area (TPSA) is 67.2 Å². The van der Waals surface area contributed by atoms with Gasteiger partial charge >= 0.3 is 0 Å². The van der Waals surface area contributed by atoms with E-state index in [9.17, 15) is 9.59 Å². The number of carbonyl (C=O) groups is 1. The van der Waals surface area contributed by atoms with Gasteiger partial charge in [-0.2, -0.15) is 0 Å². The third kappa shape index (κ3) is 4.43.